The van der Waals surface area contributed by atoms with Gasteiger partial charge in [0.2, 0.25) is 0 Å². The normalized spacial score (nSPS) is 23.1. The van der Waals surface area contributed by atoms with E-state index >= 15 is 0 Å². The van der Waals surface area contributed by atoms with Crippen LogP contribution in [0.5, 0.6) is 0 Å². The van der Waals surface area contributed by atoms with Gasteiger partial charge in [0.25, 0.3) is 0 Å². The second-order valence-electron chi connectivity index (χ2n) is 4.04. The van der Waals surface area contributed by atoms with Gasteiger partial charge in [-0.1, -0.05) is 12.8 Å². The lowest BCUT2D eigenvalue weighted by molar-refractivity contribution is -0.141. The van der Waals surface area contributed by atoms with Crippen LogP contribution in [0.3, 0.4) is 0 Å². The zero-order chi connectivity index (χ0) is 11.6. The van der Waals surface area contributed by atoms with E-state index in [4.69, 9.17) is 0 Å². The predicted octanol–water partition coefficient (Wildman–Crippen LogP) is 2.63. The number of aromatic nitrogens is 2. The van der Waals surface area contributed by atoms with Crippen molar-refractivity contribution >= 4 is 0 Å². The van der Waals surface area contributed by atoms with Crippen LogP contribution >= 0.6 is 0 Å². The molecule has 1 aromatic heterocycles. The number of nitrogens with zero attached hydrogens (tertiary/aromatic N) is 1. The van der Waals surface area contributed by atoms with Crippen molar-refractivity contribution in [3.05, 3.63) is 17.7 Å². The second-order valence-corrected chi connectivity index (χ2v) is 4.04. The molecule has 1 unspecified atom stereocenters. The van der Waals surface area contributed by atoms with Crippen LogP contribution in [0.15, 0.2) is 6.20 Å². The van der Waals surface area contributed by atoms with Crippen LogP contribution in [-0.4, -0.2) is 16.5 Å². The Labute approximate surface area is 91.5 Å². The van der Waals surface area contributed by atoms with Crippen molar-refractivity contribution in [1.29, 1.82) is 0 Å². The van der Waals surface area contributed by atoms with Gasteiger partial charge in [-0.05, 0) is 19.4 Å². The predicted molar refractivity (Wildman–Crippen MR) is 52.8 cm³/mol. The van der Waals surface area contributed by atoms with Gasteiger partial charge in [0.1, 0.15) is 11.5 Å². The van der Waals surface area contributed by atoms with E-state index in [1.807, 2.05) is 0 Å². The van der Waals surface area contributed by atoms with Crippen molar-refractivity contribution in [2.24, 2.45) is 0 Å². The number of aromatic amines is 1. The van der Waals surface area contributed by atoms with E-state index in [9.17, 15) is 13.2 Å². The Hall–Kier alpha value is -1.04. The minimum absolute atomic E-state index is 0.0707. The Bertz CT molecular complexity index is 337. The van der Waals surface area contributed by atoms with Crippen molar-refractivity contribution in [2.75, 3.05) is 6.54 Å². The lowest BCUT2D eigenvalue weighted by Gasteiger charge is -2.12. The number of halogens is 3. The van der Waals surface area contributed by atoms with Gasteiger partial charge in [-0.25, -0.2) is 4.98 Å². The molecular formula is C10H14F3N3. The molecule has 3 nitrogen and oxygen atoms in total. The van der Waals surface area contributed by atoms with Gasteiger partial charge in [-0.2, -0.15) is 13.2 Å². The Morgan fingerprint density at radius 2 is 2.06 bits per heavy atom. The van der Waals surface area contributed by atoms with Gasteiger partial charge in [0, 0.05) is 0 Å². The molecule has 1 fully saturated rings. The third kappa shape index (κ3) is 2.55. The van der Waals surface area contributed by atoms with E-state index < -0.39 is 11.9 Å². The monoisotopic (exact) mass is 233 g/mol. The number of alkyl halides is 3. The molecule has 1 aliphatic rings. The van der Waals surface area contributed by atoms with E-state index in [-0.39, 0.29) is 6.04 Å². The second kappa shape index (κ2) is 4.45. The number of rotatable bonds is 1. The summed E-state index contributed by atoms with van der Waals surface area (Å²) in [5.41, 5.74) is -0.770. The van der Waals surface area contributed by atoms with Gasteiger partial charge in [-0.15, -0.1) is 0 Å². The molecule has 16 heavy (non-hydrogen) atoms. The zero-order valence-electron chi connectivity index (χ0n) is 8.77. The first-order valence-electron chi connectivity index (χ1n) is 5.43. The van der Waals surface area contributed by atoms with Crippen molar-refractivity contribution in [3.8, 4) is 0 Å². The number of imidazole rings is 1. The van der Waals surface area contributed by atoms with Gasteiger partial charge >= 0.3 is 6.18 Å². The lowest BCUT2D eigenvalue weighted by Crippen LogP contribution is -2.21. The smallest absolute Gasteiger partial charge is 0.337 e. The molecule has 0 radical (unpaired) electrons. The minimum Gasteiger partial charge on any atom is -0.337 e. The molecule has 1 saturated heterocycles. The number of H-pyrrole nitrogens is 1. The highest BCUT2D eigenvalue weighted by atomic mass is 19.4. The molecule has 0 bridgehead atoms. The number of nitrogens with one attached hydrogen (secondary N) is 2. The first kappa shape index (κ1) is 11.4. The average Bonchev–Trinajstić information content (AvgIpc) is 2.55. The summed E-state index contributed by atoms with van der Waals surface area (Å²) in [6.07, 6.45) is 0.585. The molecule has 0 saturated carbocycles. The first-order chi connectivity index (χ1) is 7.57. The summed E-state index contributed by atoms with van der Waals surface area (Å²) in [6.45, 7) is 0.840. The first-order valence-corrected chi connectivity index (χ1v) is 5.43. The highest BCUT2D eigenvalue weighted by Gasteiger charge is 2.33. The molecule has 1 atom stereocenters. The molecule has 6 heteroatoms. The molecule has 2 rings (SSSR count). The van der Waals surface area contributed by atoms with Crippen molar-refractivity contribution < 1.29 is 13.2 Å². The maximum atomic E-state index is 12.4. The summed E-state index contributed by atoms with van der Waals surface area (Å²) in [5, 5.41) is 3.20. The summed E-state index contributed by atoms with van der Waals surface area (Å²) >= 11 is 0. The van der Waals surface area contributed by atoms with Crippen LogP contribution < -0.4 is 5.32 Å². The lowest BCUT2D eigenvalue weighted by atomic mass is 10.1. The molecule has 0 amide bonds. The standard InChI is InChI=1S/C10H14F3N3/c11-10(12,13)8-6-15-9(16-8)7-4-2-1-3-5-14-7/h6-7,14H,1-5H2,(H,15,16). The highest BCUT2D eigenvalue weighted by molar-refractivity contribution is 5.08. The molecule has 2 heterocycles. The largest absolute Gasteiger partial charge is 0.432 e. The summed E-state index contributed by atoms with van der Waals surface area (Å²) < 4.78 is 37.1. The van der Waals surface area contributed by atoms with E-state index in [0.717, 1.165) is 38.4 Å². The molecule has 1 aliphatic heterocycles. The van der Waals surface area contributed by atoms with Gasteiger partial charge in [-0.3, -0.25) is 0 Å². The summed E-state index contributed by atoms with van der Waals surface area (Å²) in [7, 11) is 0. The molecule has 1 aromatic rings. The van der Waals surface area contributed by atoms with Crippen LogP contribution in [0.2, 0.25) is 0 Å². The number of hydrogen-bond donors (Lipinski definition) is 2. The molecule has 0 aromatic carbocycles. The van der Waals surface area contributed by atoms with Crippen LogP contribution in [0.1, 0.15) is 43.2 Å². The van der Waals surface area contributed by atoms with Crippen LogP contribution in [0.25, 0.3) is 0 Å². The summed E-state index contributed by atoms with van der Waals surface area (Å²) in [5.74, 6) is 0.397. The van der Waals surface area contributed by atoms with Crippen LogP contribution in [-0.2, 0) is 6.18 Å². The number of hydrogen-bond acceptors (Lipinski definition) is 2. The molecule has 0 spiro atoms. The topological polar surface area (TPSA) is 40.7 Å². The van der Waals surface area contributed by atoms with Gasteiger partial charge in [0.05, 0.1) is 12.2 Å². The Balaban J connectivity index is 2.11. The molecule has 2 N–H and O–H groups in total. The fourth-order valence-corrected chi connectivity index (χ4v) is 1.92. The van der Waals surface area contributed by atoms with E-state index in [0.29, 0.717) is 5.82 Å². The fraction of sp³-hybridized carbons (Fsp3) is 0.700. The SMILES string of the molecule is FC(F)(F)c1cnc(C2CCCCCN2)[nH]1. The maximum Gasteiger partial charge on any atom is 0.432 e. The Morgan fingerprint density at radius 1 is 1.25 bits per heavy atom. The third-order valence-electron chi connectivity index (χ3n) is 2.79. The average molecular weight is 233 g/mol. The third-order valence-corrected chi connectivity index (χ3v) is 2.79. The van der Waals surface area contributed by atoms with Gasteiger partial charge in [0.15, 0.2) is 0 Å². The Kier molecular flexibility index (Phi) is 3.18. The maximum absolute atomic E-state index is 12.4. The van der Waals surface area contributed by atoms with E-state index in [1.54, 1.807) is 0 Å². The van der Waals surface area contributed by atoms with E-state index in [1.165, 1.54) is 0 Å². The quantitative estimate of drug-likeness (QED) is 0.782. The molecule has 0 aliphatic carbocycles. The van der Waals surface area contributed by atoms with Gasteiger partial charge < -0.3 is 10.3 Å². The zero-order valence-corrected chi connectivity index (χ0v) is 8.77. The van der Waals surface area contributed by atoms with Crippen LogP contribution in [0.4, 0.5) is 13.2 Å². The van der Waals surface area contributed by atoms with Crippen molar-refractivity contribution in [2.45, 2.75) is 37.9 Å². The van der Waals surface area contributed by atoms with Crippen molar-refractivity contribution in [1.82, 2.24) is 15.3 Å². The minimum atomic E-state index is -4.34. The summed E-state index contributed by atoms with van der Waals surface area (Å²) in [6, 6.07) is -0.0707. The van der Waals surface area contributed by atoms with E-state index in [2.05, 4.69) is 15.3 Å². The highest BCUT2D eigenvalue weighted by Crippen LogP contribution is 2.29. The molecule has 90 valence electrons. The Morgan fingerprint density at radius 3 is 2.75 bits per heavy atom. The summed E-state index contributed by atoms with van der Waals surface area (Å²) in [4.78, 5) is 6.16. The fourth-order valence-electron chi connectivity index (χ4n) is 1.92. The van der Waals surface area contributed by atoms with Crippen LogP contribution in [0, 0.1) is 0 Å². The molecular weight excluding hydrogens is 219 g/mol. The van der Waals surface area contributed by atoms with Crippen molar-refractivity contribution in [3.63, 3.8) is 0 Å².